The third kappa shape index (κ3) is 14.5. The number of carbonyl (C=O) groups is 2. The van der Waals surface area contributed by atoms with Crippen molar-refractivity contribution in [1.29, 1.82) is 0 Å². The Kier molecular flexibility index (Phi) is 16.1. The molecule has 34 heavy (non-hydrogen) atoms. The van der Waals surface area contributed by atoms with Gasteiger partial charge in [0.1, 0.15) is 6.61 Å². The number of thiol groups is 1. The largest absolute Gasteiger partial charge is 0.478 e. The van der Waals surface area contributed by atoms with Gasteiger partial charge in [0.25, 0.3) is 5.09 Å². The van der Waals surface area contributed by atoms with E-state index in [0.29, 0.717) is 20.6 Å². The van der Waals surface area contributed by atoms with Crippen molar-refractivity contribution in [2.24, 2.45) is 5.73 Å². The Bertz CT molecular complexity index is 1090. The van der Waals surface area contributed by atoms with E-state index in [9.17, 15) is 14.9 Å². The number of H-pyrrole nitrogens is 1. The van der Waals surface area contributed by atoms with Crippen LogP contribution in [0.1, 0.15) is 21.5 Å². The molecule has 6 N–H and O–H groups in total. The van der Waals surface area contributed by atoms with Crippen LogP contribution in [0, 0.1) is 14.1 Å². The minimum absolute atomic E-state index is 0.0352. The topological polar surface area (TPSA) is 197 Å². The van der Waals surface area contributed by atoms with Crippen molar-refractivity contribution in [2.45, 2.75) is 18.1 Å². The van der Waals surface area contributed by atoms with Crippen LogP contribution in [0.3, 0.4) is 0 Å². The summed E-state index contributed by atoms with van der Waals surface area (Å²) in [6.07, 6.45) is 0.250. The highest BCUT2D eigenvalue weighted by Gasteiger charge is 2.03. The first kappa shape index (κ1) is 30.5. The lowest BCUT2D eigenvalue weighted by Crippen LogP contribution is -2.03. The number of nitrogen functional groups attached to an aromatic ring is 1. The molecule has 0 radical (unpaired) electrons. The second kappa shape index (κ2) is 18.0. The predicted octanol–water partition coefficient (Wildman–Crippen LogP) is 3.10. The summed E-state index contributed by atoms with van der Waals surface area (Å²) >= 11 is 9.91. The van der Waals surface area contributed by atoms with Crippen molar-refractivity contribution in [1.82, 2.24) is 10.2 Å². The molecule has 0 spiro atoms. The van der Waals surface area contributed by atoms with Crippen LogP contribution < -0.4 is 11.5 Å². The number of anilines is 1. The average Bonchev–Trinajstić information content (AvgIpc) is 3.17. The number of primary amides is 1. The monoisotopic (exact) mass is 529 g/mol. The lowest BCUT2D eigenvalue weighted by Gasteiger charge is -2.06. The van der Waals surface area contributed by atoms with Gasteiger partial charge in [-0.2, -0.15) is 0 Å². The van der Waals surface area contributed by atoms with Gasteiger partial charge in [-0.25, -0.2) is 4.79 Å². The molecule has 1 amide bonds. The quantitative estimate of drug-likeness (QED) is 0.104. The average molecular weight is 530 g/mol. The van der Waals surface area contributed by atoms with Crippen LogP contribution in [0.2, 0.25) is 0 Å². The van der Waals surface area contributed by atoms with Gasteiger partial charge in [-0.1, -0.05) is 41.7 Å². The van der Waals surface area contributed by atoms with Gasteiger partial charge in [-0.05, 0) is 41.5 Å². The summed E-state index contributed by atoms with van der Waals surface area (Å²) in [5.74, 6) is -0.920. The van der Waals surface area contributed by atoms with E-state index in [1.54, 1.807) is 31.4 Å². The number of nitrogens with one attached hydrogen (secondary N) is 1. The smallest absolute Gasteiger partial charge is 0.335 e. The van der Waals surface area contributed by atoms with Crippen molar-refractivity contribution >= 4 is 53.7 Å². The summed E-state index contributed by atoms with van der Waals surface area (Å²) in [5.41, 5.74) is 11.3. The molecule has 1 aromatic heterocycles. The number of aromatic nitrogens is 2. The summed E-state index contributed by atoms with van der Waals surface area (Å²) in [6, 6.07) is 13.7. The van der Waals surface area contributed by atoms with Crippen molar-refractivity contribution < 1.29 is 29.4 Å². The molecular weight excluding hydrogens is 506 g/mol. The number of nitrogens with two attached hydrogens (primary N) is 2. The molecule has 0 saturated heterocycles. The van der Waals surface area contributed by atoms with Crippen molar-refractivity contribution in [3.8, 4) is 0 Å². The third-order valence-corrected chi connectivity index (χ3v) is 4.49. The number of benzene rings is 2. The number of rotatable bonds is 6. The molecule has 0 fully saturated rings. The Morgan fingerprint density at radius 2 is 1.88 bits per heavy atom. The number of carboxylic acid groups (broad SMARTS) is 1. The highest BCUT2D eigenvalue weighted by molar-refractivity contribution is 7.80. The molecule has 3 rings (SSSR count). The second-order valence-electron chi connectivity index (χ2n) is 5.64. The number of hydrogen-bond acceptors (Lipinski definition) is 11. The van der Waals surface area contributed by atoms with Crippen LogP contribution in [0.5, 0.6) is 0 Å². The van der Waals surface area contributed by atoms with Crippen molar-refractivity contribution in [2.75, 3.05) is 12.8 Å². The zero-order valence-electron chi connectivity index (χ0n) is 17.8. The number of carboxylic acids is 1. The van der Waals surface area contributed by atoms with Crippen LogP contribution in [-0.4, -0.2) is 39.9 Å². The minimum atomic E-state index is -0.920. The van der Waals surface area contributed by atoms with E-state index in [1.165, 1.54) is 23.5 Å². The number of aromatic carboxylic acids is 1. The molecule has 1 heterocycles. The highest BCUT2D eigenvalue weighted by Crippen LogP contribution is 2.11. The van der Waals surface area contributed by atoms with E-state index < -0.39 is 11.1 Å². The van der Waals surface area contributed by atoms with Crippen LogP contribution in [0.4, 0.5) is 5.13 Å². The van der Waals surface area contributed by atoms with Crippen LogP contribution in [0.25, 0.3) is 0 Å². The normalized spacial score (nSPS) is 9.00. The van der Waals surface area contributed by atoms with E-state index in [2.05, 4.69) is 45.6 Å². The fourth-order valence-corrected chi connectivity index (χ4v) is 2.90. The highest BCUT2D eigenvalue weighted by atomic mass is 32.1. The fourth-order valence-electron chi connectivity index (χ4n) is 2.00. The molecule has 15 heteroatoms. The van der Waals surface area contributed by atoms with Gasteiger partial charge in [0, 0.05) is 12.0 Å². The van der Waals surface area contributed by atoms with Gasteiger partial charge in [-0.15, -0.1) is 27.8 Å². The Balaban J connectivity index is 0.000000475. The number of ether oxygens (including phenoxy) is 1. The number of carbonyl (C=O) groups excluding carboxylic acids is 1. The number of nitrogens with zero attached hydrogens (tertiary/aromatic N) is 2. The van der Waals surface area contributed by atoms with Crippen molar-refractivity contribution in [3.63, 3.8) is 0 Å². The molecule has 2 aromatic carbocycles. The zero-order valence-corrected chi connectivity index (χ0v) is 20.3. The number of aromatic amines is 1. The minimum Gasteiger partial charge on any atom is -0.478 e. The maximum Gasteiger partial charge on any atom is 0.335 e. The van der Waals surface area contributed by atoms with Gasteiger partial charge in [0.2, 0.25) is 11.5 Å². The van der Waals surface area contributed by atoms with Crippen LogP contribution in [-0.2, 0) is 27.6 Å². The maximum atomic E-state index is 10.3. The Hall–Kier alpha value is -3.53. The first-order valence-corrected chi connectivity index (χ1v) is 10.6. The molecule has 0 atom stereocenters. The van der Waals surface area contributed by atoms with Crippen LogP contribution in [0.15, 0.2) is 53.4 Å². The van der Waals surface area contributed by atoms with Gasteiger partial charge in [0.05, 0.1) is 12.2 Å². The van der Waals surface area contributed by atoms with Gasteiger partial charge >= 0.3 is 5.97 Å². The van der Waals surface area contributed by atoms with E-state index in [-0.39, 0.29) is 18.6 Å². The molecule has 0 bridgehead atoms. The van der Waals surface area contributed by atoms with E-state index in [0.717, 1.165) is 11.1 Å². The van der Waals surface area contributed by atoms with Gasteiger partial charge in [-0.3, -0.25) is 9.89 Å². The molecule has 0 aliphatic heterocycles. The molecule has 0 aliphatic carbocycles. The first-order chi connectivity index (χ1) is 16.1. The Morgan fingerprint density at radius 3 is 2.24 bits per heavy atom. The molecule has 0 unspecified atom stereocenters. The fraction of sp³-hybridized carbons (Fsp3) is 0.158. The van der Waals surface area contributed by atoms with Gasteiger partial charge < -0.3 is 26.1 Å². The summed E-state index contributed by atoms with van der Waals surface area (Å²) < 4.78 is 5.57. The maximum absolute atomic E-state index is 10.3. The lowest BCUT2D eigenvalue weighted by atomic mass is 10.1. The molecule has 12 nitrogen and oxygen atoms in total. The molecule has 3 aromatic rings. The summed E-state index contributed by atoms with van der Waals surface area (Å²) in [6.45, 7) is 0.393. The lowest BCUT2D eigenvalue weighted by molar-refractivity contribution is -0.763. The SMILES string of the molecule is COCc1ccccc1CO[N+](=O)[O-].NC=O.Nc1n[nH]c(=S)s1.O=C(O)c1cccc(S)c1. The number of hydrogen-bond donors (Lipinski definition) is 5. The van der Waals surface area contributed by atoms with Gasteiger partial charge in [0.15, 0.2) is 3.95 Å². The number of amides is 1. The molecule has 184 valence electrons. The predicted molar refractivity (Wildman–Crippen MR) is 132 cm³/mol. The first-order valence-electron chi connectivity index (χ1n) is 8.96. The van der Waals surface area contributed by atoms with E-state index in [1.807, 2.05) is 12.1 Å². The van der Waals surface area contributed by atoms with Crippen LogP contribution >= 0.6 is 36.2 Å². The summed E-state index contributed by atoms with van der Waals surface area (Å²) in [5, 5.41) is 24.3. The zero-order chi connectivity index (χ0) is 25.9. The standard InChI is InChI=1S/C9H11NO4.C7H6O2S.C2H3N3S2.CH3NO/c1-13-6-8-4-2-3-5-9(8)7-14-10(11)12;8-7(9)5-2-1-3-6(10)4-5;3-1-4-5-2(6)7-1;2-1-3/h2-5H,6-7H2,1H3;1-4,10H,(H,8,9);(H2,3,4)(H,5,6);1H,(H2,2,3). The Morgan fingerprint density at radius 1 is 1.29 bits per heavy atom. The molecule has 0 saturated carbocycles. The summed E-state index contributed by atoms with van der Waals surface area (Å²) in [4.78, 5) is 33.8. The molecule has 0 aliphatic rings. The number of methoxy groups -OCH3 is 1. The van der Waals surface area contributed by atoms with E-state index >= 15 is 0 Å². The van der Waals surface area contributed by atoms with E-state index in [4.69, 9.17) is 20.4 Å². The summed E-state index contributed by atoms with van der Waals surface area (Å²) in [7, 11) is 1.57. The van der Waals surface area contributed by atoms with Crippen molar-refractivity contribution in [3.05, 3.63) is 79.3 Å². The second-order valence-corrected chi connectivity index (χ2v) is 7.86. The third-order valence-electron chi connectivity index (χ3n) is 3.29. The Labute approximate surface area is 209 Å². The molecular formula is C19H23N5O7S3.